The SMILES string of the molecule is O=C(NCc1nc(-c2cccs2)no1)c1cc([N+](=O)[O-])ccc1Cl. The van der Waals surface area contributed by atoms with Gasteiger partial charge in [-0.2, -0.15) is 4.98 Å². The minimum atomic E-state index is -0.599. The average molecular weight is 365 g/mol. The van der Waals surface area contributed by atoms with E-state index < -0.39 is 10.8 Å². The second kappa shape index (κ2) is 6.77. The number of non-ortho nitro benzene ring substituents is 1. The van der Waals surface area contributed by atoms with Gasteiger partial charge in [0.2, 0.25) is 11.7 Å². The molecule has 10 heteroatoms. The number of hydrogen-bond donors (Lipinski definition) is 1. The van der Waals surface area contributed by atoms with Gasteiger partial charge >= 0.3 is 0 Å². The topological polar surface area (TPSA) is 111 Å². The molecule has 24 heavy (non-hydrogen) atoms. The molecule has 0 atom stereocenters. The molecule has 2 heterocycles. The lowest BCUT2D eigenvalue weighted by molar-refractivity contribution is -0.384. The Bertz CT molecular complexity index is 894. The number of halogens is 1. The number of nitro groups is 1. The molecular formula is C14H9ClN4O4S. The van der Waals surface area contributed by atoms with Gasteiger partial charge in [-0.1, -0.05) is 22.8 Å². The maximum Gasteiger partial charge on any atom is 0.270 e. The van der Waals surface area contributed by atoms with E-state index in [0.717, 1.165) is 10.9 Å². The van der Waals surface area contributed by atoms with Gasteiger partial charge in [0.1, 0.15) is 0 Å². The van der Waals surface area contributed by atoms with Crippen LogP contribution >= 0.6 is 22.9 Å². The molecule has 8 nitrogen and oxygen atoms in total. The fraction of sp³-hybridized carbons (Fsp3) is 0.0714. The van der Waals surface area contributed by atoms with Gasteiger partial charge in [-0.25, -0.2) is 0 Å². The first-order valence-corrected chi connectivity index (χ1v) is 7.89. The molecule has 0 bridgehead atoms. The summed E-state index contributed by atoms with van der Waals surface area (Å²) < 4.78 is 5.06. The first-order chi connectivity index (χ1) is 11.5. The lowest BCUT2D eigenvalue weighted by atomic mass is 10.2. The van der Waals surface area contributed by atoms with Crippen molar-refractivity contribution in [3.63, 3.8) is 0 Å². The predicted octanol–water partition coefficient (Wildman–Crippen LogP) is 3.29. The van der Waals surface area contributed by atoms with Gasteiger partial charge in [0.25, 0.3) is 11.6 Å². The number of amides is 1. The predicted molar refractivity (Wildman–Crippen MR) is 86.9 cm³/mol. The van der Waals surface area contributed by atoms with Gasteiger partial charge in [0.05, 0.1) is 26.9 Å². The van der Waals surface area contributed by atoms with Gasteiger partial charge in [0.15, 0.2) is 0 Å². The highest BCUT2D eigenvalue weighted by Crippen LogP contribution is 2.23. The largest absolute Gasteiger partial charge is 0.343 e. The van der Waals surface area contributed by atoms with Crippen molar-refractivity contribution < 1.29 is 14.2 Å². The van der Waals surface area contributed by atoms with Crippen LogP contribution in [0, 0.1) is 10.1 Å². The summed E-state index contributed by atoms with van der Waals surface area (Å²) in [6.45, 7) is -0.0176. The molecule has 0 unspecified atom stereocenters. The zero-order chi connectivity index (χ0) is 17.1. The molecule has 1 N–H and O–H groups in total. The quantitative estimate of drug-likeness (QED) is 0.549. The van der Waals surface area contributed by atoms with Gasteiger partial charge in [-0.15, -0.1) is 11.3 Å². The second-order valence-electron chi connectivity index (χ2n) is 4.59. The Morgan fingerprint density at radius 1 is 1.42 bits per heavy atom. The molecule has 2 aromatic heterocycles. The number of nitro benzene ring substituents is 1. The highest BCUT2D eigenvalue weighted by atomic mass is 35.5. The molecule has 0 aliphatic carbocycles. The molecule has 1 aromatic carbocycles. The number of benzene rings is 1. The molecule has 1 amide bonds. The summed E-state index contributed by atoms with van der Waals surface area (Å²) in [7, 11) is 0. The summed E-state index contributed by atoms with van der Waals surface area (Å²) in [4.78, 5) is 27.3. The molecule has 0 radical (unpaired) electrons. The van der Waals surface area contributed by atoms with E-state index in [1.807, 2.05) is 17.5 Å². The molecule has 3 aromatic rings. The van der Waals surface area contributed by atoms with E-state index in [0.29, 0.717) is 5.82 Å². The highest BCUT2D eigenvalue weighted by Gasteiger charge is 2.17. The normalized spacial score (nSPS) is 10.5. The van der Waals surface area contributed by atoms with Gasteiger partial charge in [-0.3, -0.25) is 14.9 Å². The molecular weight excluding hydrogens is 356 g/mol. The third-order valence-electron chi connectivity index (χ3n) is 3.02. The van der Waals surface area contributed by atoms with E-state index in [9.17, 15) is 14.9 Å². The maximum atomic E-state index is 12.1. The van der Waals surface area contributed by atoms with Crippen LogP contribution in [-0.2, 0) is 6.54 Å². The van der Waals surface area contributed by atoms with E-state index in [1.165, 1.54) is 23.5 Å². The summed E-state index contributed by atoms with van der Waals surface area (Å²) in [6, 6.07) is 7.35. The summed E-state index contributed by atoms with van der Waals surface area (Å²) in [6.07, 6.45) is 0. The molecule has 122 valence electrons. The van der Waals surface area contributed by atoms with E-state index >= 15 is 0 Å². The number of nitrogens with one attached hydrogen (secondary N) is 1. The van der Waals surface area contributed by atoms with Crippen LogP contribution in [0.4, 0.5) is 5.69 Å². The number of nitrogens with zero attached hydrogens (tertiary/aromatic N) is 3. The fourth-order valence-corrected chi connectivity index (χ4v) is 2.74. The minimum Gasteiger partial charge on any atom is -0.343 e. The van der Waals surface area contributed by atoms with Crippen LogP contribution in [0.15, 0.2) is 40.2 Å². The van der Waals surface area contributed by atoms with Crippen molar-refractivity contribution in [3.8, 4) is 10.7 Å². The van der Waals surface area contributed by atoms with Crippen LogP contribution in [0.3, 0.4) is 0 Å². The first-order valence-electron chi connectivity index (χ1n) is 6.63. The number of thiophene rings is 1. The van der Waals surface area contributed by atoms with Crippen molar-refractivity contribution in [2.45, 2.75) is 6.54 Å². The zero-order valence-electron chi connectivity index (χ0n) is 11.9. The van der Waals surface area contributed by atoms with E-state index in [4.69, 9.17) is 16.1 Å². The third kappa shape index (κ3) is 3.42. The third-order valence-corrected chi connectivity index (χ3v) is 4.21. The van der Waals surface area contributed by atoms with Gasteiger partial charge in [0, 0.05) is 12.1 Å². The summed E-state index contributed by atoms with van der Waals surface area (Å²) in [5.41, 5.74) is -0.216. The van der Waals surface area contributed by atoms with E-state index in [2.05, 4.69) is 15.5 Å². The molecule has 0 saturated heterocycles. The van der Waals surface area contributed by atoms with Gasteiger partial charge in [-0.05, 0) is 17.5 Å². The number of aromatic nitrogens is 2. The smallest absolute Gasteiger partial charge is 0.270 e. The van der Waals surface area contributed by atoms with Crippen molar-refractivity contribution in [1.82, 2.24) is 15.5 Å². The Hall–Kier alpha value is -2.78. The monoisotopic (exact) mass is 364 g/mol. The fourth-order valence-electron chi connectivity index (χ4n) is 1.88. The molecule has 0 fully saturated rings. The van der Waals surface area contributed by atoms with E-state index in [-0.39, 0.29) is 28.7 Å². The average Bonchev–Trinajstić information content (AvgIpc) is 3.24. The highest BCUT2D eigenvalue weighted by molar-refractivity contribution is 7.13. The Kier molecular flexibility index (Phi) is 4.54. The van der Waals surface area contributed by atoms with Crippen molar-refractivity contribution in [2.75, 3.05) is 0 Å². The van der Waals surface area contributed by atoms with Gasteiger partial charge < -0.3 is 9.84 Å². The number of carbonyl (C=O) groups excluding carboxylic acids is 1. The zero-order valence-corrected chi connectivity index (χ0v) is 13.5. The van der Waals surface area contributed by atoms with Crippen LogP contribution in [0.2, 0.25) is 5.02 Å². The Morgan fingerprint density at radius 3 is 2.96 bits per heavy atom. The Labute approximate surface area is 144 Å². The minimum absolute atomic E-state index is 0.00358. The summed E-state index contributed by atoms with van der Waals surface area (Å²) in [5, 5.41) is 19.1. The van der Waals surface area contributed by atoms with Crippen LogP contribution in [0.5, 0.6) is 0 Å². The van der Waals surface area contributed by atoms with Crippen molar-refractivity contribution in [1.29, 1.82) is 0 Å². The number of carbonyl (C=O) groups is 1. The second-order valence-corrected chi connectivity index (χ2v) is 5.95. The Morgan fingerprint density at radius 2 is 2.25 bits per heavy atom. The van der Waals surface area contributed by atoms with Crippen LogP contribution in [-0.4, -0.2) is 21.0 Å². The molecule has 0 spiro atoms. The van der Waals surface area contributed by atoms with Crippen LogP contribution in [0.1, 0.15) is 16.2 Å². The van der Waals surface area contributed by atoms with Crippen molar-refractivity contribution >= 4 is 34.5 Å². The molecule has 0 saturated carbocycles. The lowest BCUT2D eigenvalue weighted by Gasteiger charge is -2.04. The summed E-state index contributed by atoms with van der Waals surface area (Å²) >= 11 is 7.38. The van der Waals surface area contributed by atoms with Crippen LogP contribution in [0.25, 0.3) is 10.7 Å². The maximum absolute atomic E-state index is 12.1. The summed E-state index contributed by atoms with van der Waals surface area (Å²) in [5.74, 6) is 0.0792. The van der Waals surface area contributed by atoms with Crippen molar-refractivity contribution in [3.05, 3.63) is 62.3 Å². The van der Waals surface area contributed by atoms with Crippen LogP contribution < -0.4 is 5.32 Å². The Balaban J connectivity index is 1.70. The number of rotatable bonds is 5. The molecule has 3 rings (SSSR count). The number of hydrogen-bond acceptors (Lipinski definition) is 7. The van der Waals surface area contributed by atoms with Crippen molar-refractivity contribution in [2.24, 2.45) is 0 Å². The first kappa shape index (κ1) is 16.1. The van der Waals surface area contributed by atoms with E-state index in [1.54, 1.807) is 0 Å². The molecule has 0 aliphatic heterocycles. The standard InChI is InChI=1S/C14H9ClN4O4S/c15-10-4-3-8(19(21)22)6-9(10)14(20)16-7-12-17-13(18-23-12)11-2-1-5-24-11/h1-6H,7H2,(H,16,20). The lowest BCUT2D eigenvalue weighted by Crippen LogP contribution is -2.23. The molecule has 0 aliphatic rings.